The number of nitrogens with zero attached hydrogens (tertiary/aromatic N) is 1. The maximum absolute atomic E-state index is 13.9. The van der Waals surface area contributed by atoms with Crippen LogP contribution in [-0.4, -0.2) is 25.2 Å². The summed E-state index contributed by atoms with van der Waals surface area (Å²) in [5.74, 6) is -0.191. The monoisotopic (exact) mass is 270 g/mol. The molecule has 1 aromatic carbocycles. The molecule has 0 amide bonds. The van der Waals surface area contributed by atoms with Crippen molar-refractivity contribution >= 4 is 17.3 Å². The summed E-state index contributed by atoms with van der Waals surface area (Å²) in [5.41, 5.74) is 0.623. The SMILES string of the molecule is CCCC1CN(c2cc(Cl)ccc2F)C(C)CN1. The summed E-state index contributed by atoms with van der Waals surface area (Å²) in [6.45, 7) is 6.00. The Labute approximate surface area is 113 Å². The van der Waals surface area contributed by atoms with E-state index in [1.165, 1.54) is 6.07 Å². The molecule has 2 nitrogen and oxygen atoms in total. The molecule has 1 N–H and O–H groups in total. The maximum atomic E-state index is 13.9. The third-order valence-electron chi connectivity index (χ3n) is 3.51. The van der Waals surface area contributed by atoms with Crippen LogP contribution < -0.4 is 10.2 Å². The normalized spacial score (nSPS) is 24.3. The molecule has 1 aromatic rings. The summed E-state index contributed by atoms with van der Waals surface area (Å²) in [7, 11) is 0. The van der Waals surface area contributed by atoms with Gasteiger partial charge in [0.05, 0.1) is 5.69 Å². The Morgan fingerprint density at radius 1 is 1.50 bits per heavy atom. The van der Waals surface area contributed by atoms with Gasteiger partial charge in [0.25, 0.3) is 0 Å². The second-order valence-corrected chi connectivity index (χ2v) is 5.43. The number of anilines is 1. The molecule has 1 aliphatic rings. The molecule has 1 saturated heterocycles. The molecule has 0 bridgehead atoms. The predicted octanol–water partition coefficient (Wildman–Crippen LogP) is 3.45. The van der Waals surface area contributed by atoms with E-state index in [0.717, 1.165) is 25.9 Å². The van der Waals surface area contributed by atoms with Crippen molar-refractivity contribution in [3.8, 4) is 0 Å². The minimum Gasteiger partial charge on any atom is -0.364 e. The number of hydrogen-bond acceptors (Lipinski definition) is 2. The van der Waals surface area contributed by atoms with Crippen LogP contribution in [0.3, 0.4) is 0 Å². The zero-order valence-corrected chi connectivity index (χ0v) is 11.7. The van der Waals surface area contributed by atoms with Crippen LogP contribution >= 0.6 is 11.6 Å². The molecule has 2 atom stereocenters. The highest BCUT2D eigenvalue weighted by Gasteiger charge is 2.26. The summed E-state index contributed by atoms with van der Waals surface area (Å²) in [6.07, 6.45) is 2.25. The highest BCUT2D eigenvalue weighted by molar-refractivity contribution is 6.30. The lowest BCUT2D eigenvalue weighted by molar-refractivity contribution is 0.383. The topological polar surface area (TPSA) is 15.3 Å². The summed E-state index contributed by atoms with van der Waals surface area (Å²) in [4.78, 5) is 2.12. The minimum absolute atomic E-state index is 0.191. The molecule has 1 aliphatic heterocycles. The van der Waals surface area contributed by atoms with E-state index in [1.54, 1.807) is 12.1 Å². The Balaban J connectivity index is 2.21. The number of hydrogen-bond donors (Lipinski definition) is 1. The first-order valence-corrected chi connectivity index (χ1v) is 6.94. The molecule has 1 fully saturated rings. The minimum atomic E-state index is -0.191. The summed E-state index contributed by atoms with van der Waals surface area (Å²) in [5, 5.41) is 4.09. The van der Waals surface area contributed by atoms with Crippen molar-refractivity contribution in [3.05, 3.63) is 29.0 Å². The second-order valence-electron chi connectivity index (χ2n) is 4.99. The average Bonchev–Trinajstić information content (AvgIpc) is 2.35. The summed E-state index contributed by atoms with van der Waals surface area (Å²) in [6, 6.07) is 5.48. The number of halogens is 2. The van der Waals surface area contributed by atoms with Gasteiger partial charge in [0.15, 0.2) is 0 Å². The van der Waals surface area contributed by atoms with Crippen LogP contribution in [0.1, 0.15) is 26.7 Å². The quantitative estimate of drug-likeness (QED) is 0.905. The van der Waals surface area contributed by atoms with Crippen LogP contribution in [0.2, 0.25) is 5.02 Å². The Kier molecular flexibility index (Phi) is 4.46. The van der Waals surface area contributed by atoms with Gasteiger partial charge < -0.3 is 10.2 Å². The van der Waals surface area contributed by atoms with Crippen molar-refractivity contribution < 1.29 is 4.39 Å². The lowest BCUT2D eigenvalue weighted by Crippen LogP contribution is -2.55. The third-order valence-corrected chi connectivity index (χ3v) is 3.74. The molecular weight excluding hydrogens is 251 g/mol. The van der Waals surface area contributed by atoms with Gasteiger partial charge in [0.2, 0.25) is 0 Å². The lowest BCUT2D eigenvalue weighted by Gasteiger charge is -2.40. The molecule has 2 unspecified atom stereocenters. The van der Waals surface area contributed by atoms with Crippen LogP contribution in [0, 0.1) is 5.82 Å². The Bertz CT molecular complexity index is 411. The predicted molar refractivity (Wildman–Crippen MR) is 74.9 cm³/mol. The highest BCUT2D eigenvalue weighted by atomic mass is 35.5. The van der Waals surface area contributed by atoms with E-state index in [2.05, 4.69) is 24.1 Å². The van der Waals surface area contributed by atoms with E-state index >= 15 is 0 Å². The van der Waals surface area contributed by atoms with Gasteiger partial charge >= 0.3 is 0 Å². The third kappa shape index (κ3) is 2.96. The molecular formula is C14H20ClFN2. The van der Waals surface area contributed by atoms with E-state index in [9.17, 15) is 4.39 Å². The molecule has 1 heterocycles. The van der Waals surface area contributed by atoms with E-state index in [-0.39, 0.29) is 11.9 Å². The molecule has 0 radical (unpaired) electrons. The van der Waals surface area contributed by atoms with Crippen molar-refractivity contribution in [2.45, 2.75) is 38.8 Å². The molecule has 18 heavy (non-hydrogen) atoms. The summed E-state index contributed by atoms with van der Waals surface area (Å²) >= 11 is 5.97. The largest absolute Gasteiger partial charge is 0.364 e. The average molecular weight is 271 g/mol. The Morgan fingerprint density at radius 2 is 2.28 bits per heavy atom. The smallest absolute Gasteiger partial charge is 0.146 e. The van der Waals surface area contributed by atoms with Gasteiger partial charge in [-0.3, -0.25) is 0 Å². The fourth-order valence-corrected chi connectivity index (χ4v) is 2.68. The first-order valence-electron chi connectivity index (χ1n) is 6.57. The Hall–Kier alpha value is -0.800. The van der Waals surface area contributed by atoms with Crippen molar-refractivity contribution in [1.82, 2.24) is 5.32 Å². The standard InChI is InChI=1S/C14H20ClFN2/c1-3-4-12-9-18(10(2)8-17-12)14-7-11(15)5-6-13(14)16/h5-7,10,12,17H,3-4,8-9H2,1-2H3. The van der Waals surface area contributed by atoms with Crippen molar-refractivity contribution in [1.29, 1.82) is 0 Å². The number of nitrogens with one attached hydrogen (secondary N) is 1. The molecule has 2 rings (SSSR count). The van der Waals surface area contributed by atoms with Crippen LogP contribution in [0.5, 0.6) is 0 Å². The number of benzene rings is 1. The van der Waals surface area contributed by atoms with Gasteiger partial charge in [0.1, 0.15) is 5.82 Å². The highest BCUT2D eigenvalue weighted by Crippen LogP contribution is 2.27. The van der Waals surface area contributed by atoms with Crippen LogP contribution in [0.15, 0.2) is 18.2 Å². The fraction of sp³-hybridized carbons (Fsp3) is 0.571. The molecule has 0 spiro atoms. The molecule has 0 aliphatic carbocycles. The first-order chi connectivity index (χ1) is 8.61. The summed E-state index contributed by atoms with van der Waals surface area (Å²) < 4.78 is 13.9. The van der Waals surface area contributed by atoms with Gasteiger partial charge in [-0.25, -0.2) is 4.39 Å². The van der Waals surface area contributed by atoms with Crippen molar-refractivity contribution in [2.75, 3.05) is 18.0 Å². The van der Waals surface area contributed by atoms with Gasteiger partial charge in [-0.1, -0.05) is 24.9 Å². The molecule has 0 saturated carbocycles. The van der Waals surface area contributed by atoms with Crippen LogP contribution in [0.25, 0.3) is 0 Å². The number of rotatable bonds is 3. The van der Waals surface area contributed by atoms with Gasteiger partial charge in [-0.15, -0.1) is 0 Å². The first kappa shape index (κ1) is 13.6. The van der Waals surface area contributed by atoms with Gasteiger partial charge in [0, 0.05) is 30.2 Å². The van der Waals surface area contributed by atoms with E-state index in [1.807, 2.05) is 0 Å². The van der Waals surface area contributed by atoms with Crippen LogP contribution in [0.4, 0.5) is 10.1 Å². The fourth-order valence-electron chi connectivity index (χ4n) is 2.51. The Morgan fingerprint density at radius 3 is 3.00 bits per heavy atom. The van der Waals surface area contributed by atoms with E-state index in [0.29, 0.717) is 16.8 Å². The maximum Gasteiger partial charge on any atom is 0.146 e. The zero-order valence-electron chi connectivity index (χ0n) is 10.9. The molecule has 4 heteroatoms. The van der Waals surface area contributed by atoms with Crippen molar-refractivity contribution in [3.63, 3.8) is 0 Å². The van der Waals surface area contributed by atoms with Crippen LogP contribution in [-0.2, 0) is 0 Å². The van der Waals surface area contributed by atoms with E-state index < -0.39 is 0 Å². The second kappa shape index (κ2) is 5.89. The molecule has 100 valence electrons. The van der Waals surface area contributed by atoms with E-state index in [4.69, 9.17) is 11.6 Å². The number of piperazine rings is 1. The lowest BCUT2D eigenvalue weighted by atomic mass is 10.0. The molecule has 0 aromatic heterocycles. The van der Waals surface area contributed by atoms with Gasteiger partial charge in [-0.2, -0.15) is 0 Å². The van der Waals surface area contributed by atoms with Gasteiger partial charge in [-0.05, 0) is 31.5 Å². The van der Waals surface area contributed by atoms with Crippen molar-refractivity contribution in [2.24, 2.45) is 0 Å². The zero-order chi connectivity index (χ0) is 13.1.